The molecule has 1 aliphatic rings. The molecular weight excluding hydrogens is 283 g/mol. The molecule has 2 N–H and O–H groups in total. The Balaban J connectivity index is 2.05. The second kappa shape index (κ2) is 4.91. The van der Waals surface area contributed by atoms with Gasteiger partial charge in [0.15, 0.2) is 5.96 Å². The van der Waals surface area contributed by atoms with E-state index in [0.717, 1.165) is 11.8 Å². The summed E-state index contributed by atoms with van der Waals surface area (Å²) in [6.07, 6.45) is 2.72. The van der Waals surface area contributed by atoms with Crippen LogP contribution in [-0.4, -0.2) is 28.8 Å². The molecule has 0 bridgehead atoms. The highest BCUT2D eigenvalue weighted by Gasteiger charge is 2.45. The van der Waals surface area contributed by atoms with Crippen LogP contribution in [0.15, 0.2) is 42.7 Å². The van der Waals surface area contributed by atoms with Crippen LogP contribution in [0.4, 0.5) is 4.39 Å². The third-order valence-corrected chi connectivity index (χ3v) is 3.91. The number of hydrogen-bond donors (Lipinski definition) is 2. The molecule has 0 radical (unpaired) electrons. The molecule has 1 aliphatic heterocycles. The Labute approximate surface area is 127 Å². The third kappa shape index (κ3) is 2.13. The molecule has 1 unspecified atom stereocenters. The standard InChI is InChI=1S/C16H15FN4O/c1-16(14(22)21(2)15(18)20-16)12-5-3-4-10(6-12)11-7-13(17)9-19-8-11/h3-9H,1-2H3,(H2,18,20). The van der Waals surface area contributed by atoms with Gasteiger partial charge in [0, 0.05) is 18.8 Å². The van der Waals surface area contributed by atoms with Crippen LogP contribution in [0.3, 0.4) is 0 Å². The van der Waals surface area contributed by atoms with Crippen molar-refractivity contribution in [2.45, 2.75) is 12.5 Å². The van der Waals surface area contributed by atoms with Gasteiger partial charge in [0.2, 0.25) is 0 Å². The van der Waals surface area contributed by atoms with Crippen molar-refractivity contribution >= 4 is 11.9 Å². The Hall–Kier alpha value is -2.76. The summed E-state index contributed by atoms with van der Waals surface area (Å²) in [7, 11) is 1.56. The smallest absolute Gasteiger partial charge is 0.259 e. The zero-order chi connectivity index (χ0) is 15.9. The molecule has 2 aromatic rings. The monoisotopic (exact) mass is 298 g/mol. The summed E-state index contributed by atoms with van der Waals surface area (Å²) in [5.74, 6) is -0.553. The number of nitrogens with zero attached hydrogens (tertiary/aromatic N) is 2. The minimum atomic E-state index is -0.997. The van der Waals surface area contributed by atoms with Gasteiger partial charge in [-0.05, 0) is 30.2 Å². The lowest BCUT2D eigenvalue weighted by atomic mass is 9.90. The van der Waals surface area contributed by atoms with Crippen LogP contribution >= 0.6 is 0 Å². The van der Waals surface area contributed by atoms with Crippen molar-refractivity contribution in [2.75, 3.05) is 7.05 Å². The van der Waals surface area contributed by atoms with Gasteiger partial charge in [-0.1, -0.05) is 18.2 Å². The van der Waals surface area contributed by atoms with Gasteiger partial charge in [-0.15, -0.1) is 0 Å². The number of hydrogen-bond acceptors (Lipinski definition) is 3. The van der Waals surface area contributed by atoms with E-state index in [2.05, 4.69) is 10.3 Å². The van der Waals surface area contributed by atoms with Crippen molar-refractivity contribution in [3.05, 3.63) is 54.1 Å². The first kappa shape index (κ1) is 14.2. The molecule has 0 aliphatic carbocycles. The predicted octanol–water partition coefficient (Wildman–Crippen LogP) is 2.10. The number of amides is 1. The SMILES string of the molecule is CN1C(=N)NC(C)(c2cccc(-c3cncc(F)c3)c2)C1=O. The van der Waals surface area contributed by atoms with Crippen molar-refractivity contribution in [2.24, 2.45) is 0 Å². The Morgan fingerprint density at radius 1 is 1.27 bits per heavy atom. The van der Waals surface area contributed by atoms with Crippen molar-refractivity contribution < 1.29 is 9.18 Å². The van der Waals surface area contributed by atoms with Crippen molar-refractivity contribution in [1.82, 2.24) is 15.2 Å². The molecule has 2 heterocycles. The van der Waals surface area contributed by atoms with Gasteiger partial charge in [-0.2, -0.15) is 0 Å². The first-order valence-corrected chi connectivity index (χ1v) is 6.78. The zero-order valence-corrected chi connectivity index (χ0v) is 12.2. The van der Waals surface area contributed by atoms with E-state index < -0.39 is 11.4 Å². The number of halogens is 1. The van der Waals surface area contributed by atoms with E-state index in [9.17, 15) is 9.18 Å². The molecule has 1 aromatic carbocycles. The molecule has 0 spiro atoms. The van der Waals surface area contributed by atoms with Gasteiger partial charge in [0.05, 0.1) is 6.20 Å². The van der Waals surface area contributed by atoms with E-state index in [1.165, 1.54) is 11.0 Å². The molecule has 5 nitrogen and oxygen atoms in total. The number of carbonyl (C=O) groups excluding carboxylic acids is 1. The van der Waals surface area contributed by atoms with Gasteiger partial charge in [-0.25, -0.2) is 4.39 Å². The van der Waals surface area contributed by atoms with E-state index >= 15 is 0 Å². The minimum Gasteiger partial charge on any atom is -0.338 e. The number of likely N-dealkylation sites (N-methyl/N-ethyl adjacent to an activating group) is 1. The van der Waals surface area contributed by atoms with Crippen molar-refractivity contribution in [1.29, 1.82) is 5.41 Å². The zero-order valence-electron chi connectivity index (χ0n) is 12.2. The molecule has 1 amide bonds. The van der Waals surface area contributed by atoms with Crippen LogP contribution in [0.5, 0.6) is 0 Å². The number of rotatable bonds is 2. The highest BCUT2D eigenvalue weighted by Crippen LogP contribution is 2.30. The second-order valence-corrected chi connectivity index (χ2v) is 5.44. The van der Waals surface area contributed by atoms with Crippen LogP contribution in [0.25, 0.3) is 11.1 Å². The first-order chi connectivity index (χ1) is 10.4. The summed E-state index contributed by atoms with van der Waals surface area (Å²) in [6.45, 7) is 1.73. The van der Waals surface area contributed by atoms with Gasteiger partial charge >= 0.3 is 0 Å². The maximum Gasteiger partial charge on any atom is 0.259 e. The number of aromatic nitrogens is 1. The van der Waals surface area contributed by atoms with Crippen molar-refractivity contribution in [3.8, 4) is 11.1 Å². The number of nitrogens with one attached hydrogen (secondary N) is 2. The van der Waals surface area contributed by atoms with Gasteiger partial charge in [-0.3, -0.25) is 20.1 Å². The normalized spacial score (nSPS) is 21.1. The lowest BCUT2D eigenvalue weighted by Gasteiger charge is -2.22. The van der Waals surface area contributed by atoms with Gasteiger partial charge in [0.1, 0.15) is 11.4 Å². The summed E-state index contributed by atoms with van der Waals surface area (Å²) in [5.41, 5.74) is 1.12. The number of pyridine rings is 1. The summed E-state index contributed by atoms with van der Waals surface area (Å²) >= 11 is 0. The third-order valence-electron chi connectivity index (χ3n) is 3.91. The Bertz CT molecular complexity index is 776. The summed E-state index contributed by atoms with van der Waals surface area (Å²) < 4.78 is 13.3. The molecule has 6 heteroatoms. The number of carbonyl (C=O) groups is 1. The maximum absolute atomic E-state index is 13.3. The molecule has 1 saturated heterocycles. The number of guanidine groups is 1. The summed E-state index contributed by atoms with van der Waals surface area (Å²) in [5, 5.41) is 10.7. The Kier molecular flexibility index (Phi) is 3.16. The largest absolute Gasteiger partial charge is 0.338 e. The molecular formula is C16H15FN4O. The van der Waals surface area contributed by atoms with E-state index in [-0.39, 0.29) is 11.9 Å². The molecule has 3 rings (SSSR count). The summed E-state index contributed by atoms with van der Waals surface area (Å²) in [4.78, 5) is 17.5. The highest BCUT2D eigenvalue weighted by atomic mass is 19.1. The lowest BCUT2D eigenvalue weighted by Crippen LogP contribution is -2.40. The van der Waals surface area contributed by atoms with Crippen molar-refractivity contribution in [3.63, 3.8) is 0 Å². The molecule has 112 valence electrons. The fourth-order valence-corrected chi connectivity index (χ4v) is 2.59. The van der Waals surface area contributed by atoms with E-state index in [0.29, 0.717) is 11.1 Å². The van der Waals surface area contributed by atoms with Gasteiger partial charge < -0.3 is 5.32 Å². The minimum absolute atomic E-state index is 0.0605. The fourth-order valence-electron chi connectivity index (χ4n) is 2.59. The Morgan fingerprint density at radius 3 is 2.68 bits per heavy atom. The second-order valence-electron chi connectivity index (χ2n) is 5.44. The summed E-state index contributed by atoms with van der Waals surface area (Å²) in [6, 6.07) is 8.66. The lowest BCUT2D eigenvalue weighted by molar-refractivity contribution is -0.129. The van der Waals surface area contributed by atoms with E-state index in [1.54, 1.807) is 26.2 Å². The molecule has 1 atom stereocenters. The predicted molar refractivity (Wildman–Crippen MR) is 80.6 cm³/mol. The Morgan fingerprint density at radius 2 is 2.05 bits per heavy atom. The molecule has 22 heavy (non-hydrogen) atoms. The van der Waals surface area contributed by atoms with Crippen LogP contribution in [0.1, 0.15) is 12.5 Å². The van der Waals surface area contributed by atoms with E-state index in [4.69, 9.17) is 5.41 Å². The quantitative estimate of drug-likeness (QED) is 0.892. The highest BCUT2D eigenvalue weighted by molar-refractivity contribution is 6.07. The topological polar surface area (TPSA) is 69.1 Å². The first-order valence-electron chi connectivity index (χ1n) is 6.78. The van der Waals surface area contributed by atoms with E-state index in [1.807, 2.05) is 18.2 Å². The average molecular weight is 298 g/mol. The van der Waals surface area contributed by atoms with Crippen LogP contribution in [0, 0.1) is 11.2 Å². The molecule has 1 fully saturated rings. The van der Waals surface area contributed by atoms with Crippen LogP contribution in [-0.2, 0) is 10.3 Å². The molecule has 0 saturated carbocycles. The maximum atomic E-state index is 13.3. The van der Waals surface area contributed by atoms with Gasteiger partial charge in [0.25, 0.3) is 5.91 Å². The average Bonchev–Trinajstić information content (AvgIpc) is 2.72. The molecule has 1 aromatic heterocycles. The number of benzene rings is 1. The van der Waals surface area contributed by atoms with Crippen LogP contribution in [0.2, 0.25) is 0 Å². The van der Waals surface area contributed by atoms with Crippen LogP contribution < -0.4 is 5.32 Å². The fraction of sp³-hybridized carbons (Fsp3) is 0.188.